The molecule has 1 fully saturated rings. The van der Waals surface area contributed by atoms with Gasteiger partial charge >= 0.3 is 6.64 Å². The zero-order valence-electron chi connectivity index (χ0n) is 12.7. The minimum absolute atomic E-state index is 0.238. The standard InChI is InChI=1S/C15H22NO3PS/c1-5-6-12-7-8-14(15(9-12)17-4)19-20(21)16-13(10-18-20)11(2)3/h5,7-9,11,13H,1,6,10H2,2-4H3,(H,16,21)/t13-,20?/m1/s1. The zero-order chi connectivity index (χ0) is 15.5. The van der Waals surface area contributed by atoms with Gasteiger partial charge in [-0.15, -0.1) is 6.58 Å². The normalized spacial score (nSPS) is 25.0. The topological polar surface area (TPSA) is 39.7 Å². The van der Waals surface area contributed by atoms with Gasteiger partial charge in [0.15, 0.2) is 11.5 Å². The van der Waals surface area contributed by atoms with Crippen molar-refractivity contribution in [2.24, 2.45) is 5.92 Å². The third-order valence-electron chi connectivity index (χ3n) is 3.38. The van der Waals surface area contributed by atoms with Gasteiger partial charge in [-0.05, 0) is 41.8 Å². The van der Waals surface area contributed by atoms with Crippen LogP contribution < -0.4 is 14.3 Å². The molecule has 0 aromatic heterocycles. The van der Waals surface area contributed by atoms with Crippen LogP contribution in [0.1, 0.15) is 19.4 Å². The highest BCUT2D eigenvalue weighted by atomic mass is 32.5. The molecule has 0 spiro atoms. The summed E-state index contributed by atoms with van der Waals surface area (Å²) in [6, 6.07) is 6.03. The summed E-state index contributed by atoms with van der Waals surface area (Å²) in [6.07, 6.45) is 2.64. The van der Waals surface area contributed by atoms with Crippen LogP contribution in [0.15, 0.2) is 30.9 Å². The van der Waals surface area contributed by atoms with Crippen LogP contribution in [-0.2, 0) is 22.8 Å². The van der Waals surface area contributed by atoms with E-state index in [1.807, 2.05) is 24.3 Å². The number of allylic oxidation sites excluding steroid dienone is 1. The Morgan fingerprint density at radius 1 is 1.52 bits per heavy atom. The van der Waals surface area contributed by atoms with Gasteiger partial charge in [0.05, 0.1) is 13.7 Å². The second kappa shape index (κ2) is 6.93. The SMILES string of the molecule is C=CCc1ccc(OP2(=S)N[C@@H](C(C)C)CO2)c(OC)c1. The fourth-order valence-electron chi connectivity index (χ4n) is 2.06. The second-order valence-corrected chi connectivity index (χ2v) is 8.48. The van der Waals surface area contributed by atoms with E-state index < -0.39 is 6.64 Å². The molecule has 116 valence electrons. The lowest BCUT2D eigenvalue weighted by atomic mass is 10.1. The first-order valence-electron chi connectivity index (χ1n) is 6.97. The maximum atomic E-state index is 5.94. The predicted molar refractivity (Wildman–Crippen MR) is 89.5 cm³/mol. The quantitative estimate of drug-likeness (QED) is 0.637. The Labute approximate surface area is 131 Å². The summed E-state index contributed by atoms with van der Waals surface area (Å²) < 4.78 is 17.0. The van der Waals surface area contributed by atoms with Crippen molar-refractivity contribution in [3.63, 3.8) is 0 Å². The number of benzene rings is 1. The lowest BCUT2D eigenvalue weighted by molar-refractivity contribution is 0.304. The van der Waals surface area contributed by atoms with Crippen LogP contribution in [-0.4, -0.2) is 19.8 Å². The molecule has 2 rings (SSSR count). The highest BCUT2D eigenvalue weighted by Crippen LogP contribution is 2.51. The number of hydrogen-bond acceptors (Lipinski definition) is 4. The number of nitrogens with one attached hydrogen (secondary N) is 1. The average Bonchev–Trinajstić information content (AvgIpc) is 2.83. The third-order valence-corrected chi connectivity index (χ3v) is 5.81. The van der Waals surface area contributed by atoms with Gasteiger partial charge in [-0.3, -0.25) is 0 Å². The van der Waals surface area contributed by atoms with E-state index in [1.54, 1.807) is 7.11 Å². The van der Waals surface area contributed by atoms with Gasteiger partial charge in [-0.2, -0.15) is 0 Å². The first kappa shape index (κ1) is 16.5. The number of ether oxygens (including phenoxy) is 1. The van der Waals surface area contributed by atoms with Gasteiger partial charge in [-0.1, -0.05) is 26.0 Å². The zero-order valence-corrected chi connectivity index (χ0v) is 14.4. The van der Waals surface area contributed by atoms with E-state index in [0.717, 1.165) is 12.0 Å². The summed E-state index contributed by atoms with van der Waals surface area (Å²) in [5.41, 5.74) is 1.12. The molecule has 6 heteroatoms. The van der Waals surface area contributed by atoms with E-state index in [9.17, 15) is 0 Å². The molecule has 1 aromatic carbocycles. The molecule has 2 atom stereocenters. The molecule has 0 radical (unpaired) electrons. The number of rotatable bonds is 6. The summed E-state index contributed by atoms with van der Waals surface area (Å²) in [4.78, 5) is 0. The smallest absolute Gasteiger partial charge is 0.313 e. The molecule has 0 amide bonds. The minimum Gasteiger partial charge on any atom is -0.493 e. The van der Waals surface area contributed by atoms with Crippen molar-refractivity contribution in [2.45, 2.75) is 26.3 Å². The van der Waals surface area contributed by atoms with Crippen molar-refractivity contribution >= 4 is 18.4 Å². The van der Waals surface area contributed by atoms with Gasteiger partial charge in [0.25, 0.3) is 0 Å². The first-order valence-corrected chi connectivity index (χ1v) is 9.61. The van der Waals surface area contributed by atoms with Gasteiger partial charge in [0.2, 0.25) is 0 Å². The molecule has 1 unspecified atom stereocenters. The summed E-state index contributed by atoms with van der Waals surface area (Å²) in [7, 11) is 1.62. The highest BCUT2D eigenvalue weighted by molar-refractivity contribution is 8.09. The van der Waals surface area contributed by atoms with Crippen molar-refractivity contribution < 1.29 is 13.8 Å². The molecule has 0 saturated carbocycles. The van der Waals surface area contributed by atoms with E-state index in [-0.39, 0.29) is 6.04 Å². The lowest BCUT2D eigenvalue weighted by Crippen LogP contribution is -2.28. The average molecular weight is 327 g/mol. The number of hydrogen-bond donors (Lipinski definition) is 1. The van der Waals surface area contributed by atoms with Crippen molar-refractivity contribution in [1.29, 1.82) is 0 Å². The van der Waals surface area contributed by atoms with E-state index in [2.05, 4.69) is 25.5 Å². The predicted octanol–water partition coefficient (Wildman–Crippen LogP) is 3.67. The van der Waals surface area contributed by atoms with Crippen molar-refractivity contribution in [1.82, 2.24) is 5.09 Å². The monoisotopic (exact) mass is 327 g/mol. The molecular weight excluding hydrogens is 305 g/mol. The Balaban J connectivity index is 2.16. The third kappa shape index (κ3) is 4.07. The summed E-state index contributed by atoms with van der Waals surface area (Å²) in [6.45, 7) is 6.11. The van der Waals surface area contributed by atoms with Crippen molar-refractivity contribution in [2.75, 3.05) is 13.7 Å². The maximum absolute atomic E-state index is 5.94. The van der Waals surface area contributed by atoms with Crippen LogP contribution in [0.4, 0.5) is 0 Å². The Hall–Kier alpha value is -0.870. The number of methoxy groups -OCH3 is 1. The molecule has 1 saturated heterocycles. The molecular formula is C15H22NO3PS. The fraction of sp³-hybridized carbons (Fsp3) is 0.467. The molecule has 1 heterocycles. The molecule has 1 aromatic rings. The van der Waals surface area contributed by atoms with Gasteiger partial charge in [0, 0.05) is 6.04 Å². The van der Waals surface area contributed by atoms with Gasteiger partial charge in [0.1, 0.15) is 0 Å². The second-order valence-electron chi connectivity index (χ2n) is 5.34. The molecule has 21 heavy (non-hydrogen) atoms. The molecule has 1 aliphatic heterocycles. The van der Waals surface area contributed by atoms with Crippen molar-refractivity contribution in [3.8, 4) is 11.5 Å². The Bertz CT molecular complexity index is 562. The Morgan fingerprint density at radius 2 is 2.29 bits per heavy atom. The van der Waals surface area contributed by atoms with Gasteiger partial charge < -0.3 is 13.8 Å². The first-order chi connectivity index (χ1) is 9.97. The molecule has 1 aliphatic rings. The van der Waals surface area contributed by atoms with E-state index >= 15 is 0 Å². The van der Waals surface area contributed by atoms with Crippen LogP contribution >= 0.6 is 6.64 Å². The molecule has 1 N–H and O–H groups in total. The Morgan fingerprint density at radius 3 is 2.86 bits per heavy atom. The van der Waals surface area contributed by atoms with Crippen LogP contribution in [0.5, 0.6) is 11.5 Å². The summed E-state index contributed by atoms with van der Waals surface area (Å²) >= 11 is 5.52. The van der Waals surface area contributed by atoms with Crippen LogP contribution in [0.3, 0.4) is 0 Å². The van der Waals surface area contributed by atoms with Crippen LogP contribution in [0, 0.1) is 5.92 Å². The lowest BCUT2D eigenvalue weighted by Gasteiger charge is -2.20. The van der Waals surface area contributed by atoms with Crippen LogP contribution in [0.25, 0.3) is 0 Å². The van der Waals surface area contributed by atoms with E-state index in [4.69, 9.17) is 25.6 Å². The largest absolute Gasteiger partial charge is 0.493 e. The maximum Gasteiger partial charge on any atom is 0.313 e. The fourth-order valence-corrected chi connectivity index (χ4v) is 4.62. The molecule has 0 aliphatic carbocycles. The van der Waals surface area contributed by atoms with Crippen molar-refractivity contribution in [3.05, 3.63) is 36.4 Å². The minimum atomic E-state index is -2.49. The summed E-state index contributed by atoms with van der Waals surface area (Å²) in [5.74, 6) is 1.73. The highest BCUT2D eigenvalue weighted by Gasteiger charge is 2.35. The van der Waals surface area contributed by atoms with Gasteiger partial charge in [-0.25, -0.2) is 5.09 Å². The van der Waals surface area contributed by atoms with E-state index in [0.29, 0.717) is 24.0 Å². The molecule has 0 bridgehead atoms. The van der Waals surface area contributed by atoms with Crippen LogP contribution in [0.2, 0.25) is 0 Å². The summed E-state index contributed by atoms with van der Waals surface area (Å²) in [5, 5.41) is 3.32. The van der Waals surface area contributed by atoms with E-state index in [1.165, 1.54) is 0 Å². The molecule has 4 nitrogen and oxygen atoms in total. The Kier molecular flexibility index (Phi) is 5.44.